The molecule has 2 aromatic rings. The van der Waals surface area contributed by atoms with Gasteiger partial charge in [-0.25, -0.2) is 0 Å². The van der Waals surface area contributed by atoms with Gasteiger partial charge in [0.15, 0.2) is 0 Å². The zero-order chi connectivity index (χ0) is 23.2. The summed E-state index contributed by atoms with van der Waals surface area (Å²) in [6.07, 6.45) is 9.81. The molecule has 1 aliphatic heterocycles. The van der Waals surface area contributed by atoms with Crippen molar-refractivity contribution in [3.8, 4) is 11.5 Å². The van der Waals surface area contributed by atoms with E-state index in [1.165, 1.54) is 33.4 Å². The number of hydrogen-bond donors (Lipinski definition) is 1. The molecule has 0 spiro atoms. The van der Waals surface area contributed by atoms with Crippen LogP contribution in [-0.4, -0.2) is 25.3 Å². The standard InChI is InChI=1S/C30H33NO2/c1-6-15-33-22-11-7-9-20(16-22)24-17-21-10-8-12-26(32-5)28(21)23-13-14-25-27(29(23)24)19(2)18-30(3,4)31-25/h6-14,16,18,24-25,27,31H,1,15,17H2,2-5H3. The Morgan fingerprint density at radius 2 is 2.00 bits per heavy atom. The van der Waals surface area contributed by atoms with Gasteiger partial charge in [0.05, 0.1) is 7.11 Å². The van der Waals surface area contributed by atoms with Crippen molar-refractivity contribution in [2.24, 2.45) is 5.92 Å². The third-order valence-electron chi connectivity index (χ3n) is 7.12. The van der Waals surface area contributed by atoms with Crippen molar-refractivity contribution in [1.29, 1.82) is 0 Å². The van der Waals surface area contributed by atoms with Gasteiger partial charge >= 0.3 is 0 Å². The average Bonchev–Trinajstić information content (AvgIpc) is 2.80. The molecule has 3 heteroatoms. The lowest BCUT2D eigenvalue weighted by Crippen LogP contribution is -2.53. The van der Waals surface area contributed by atoms with Gasteiger partial charge in [-0.1, -0.05) is 60.7 Å². The summed E-state index contributed by atoms with van der Waals surface area (Å²) in [7, 11) is 1.77. The molecule has 3 aliphatic rings. The van der Waals surface area contributed by atoms with Gasteiger partial charge in [-0.15, -0.1) is 0 Å². The van der Waals surface area contributed by atoms with E-state index in [1.54, 1.807) is 13.2 Å². The van der Waals surface area contributed by atoms with Crippen molar-refractivity contribution in [3.63, 3.8) is 0 Å². The van der Waals surface area contributed by atoms with Crippen LogP contribution in [0.2, 0.25) is 0 Å². The number of benzene rings is 2. The van der Waals surface area contributed by atoms with Gasteiger partial charge < -0.3 is 14.8 Å². The van der Waals surface area contributed by atoms with Gasteiger partial charge in [0.2, 0.25) is 0 Å². The topological polar surface area (TPSA) is 30.5 Å². The van der Waals surface area contributed by atoms with Gasteiger partial charge in [0, 0.05) is 29.0 Å². The van der Waals surface area contributed by atoms with Crippen molar-refractivity contribution in [2.75, 3.05) is 13.7 Å². The van der Waals surface area contributed by atoms with E-state index < -0.39 is 0 Å². The van der Waals surface area contributed by atoms with E-state index >= 15 is 0 Å². The molecular weight excluding hydrogens is 406 g/mol. The molecule has 3 nitrogen and oxygen atoms in total. The van der Waals surface area contributed by atoms with Crippen molar-refractivity contribution in [1.82, 2.24) is 5.32 Å². The van der Waals surface area contributed by atoms with Crippen molar-refractivity contribution < 1.29 is 9.47 Å². The summed E-state index contributed by atoms with van der Waals surface area (Å²) in [6, 6.07) is 15.3. The Hall–Kier alpha value is -3.04. The lowest BCUT2D eigenvalue weighted by molar-refractivity contribution is 0.349. The molecule has 2 aromatic carbocycles. The van der Waals surface area contributed by atoms with Crippen LogP contribution in [0.1, 0.15) is 43.4 Å². The molecular formula is C30H33NO2. The number of methoxy groups -OCH3 is 1. The Kier molecular flexibility index (Phi) is 5.54. The first-order valence-electron chi connectivity index (χ1n) is 11.8. The minimum atomic E-state index is -0.0220. The Bertz CT molecular complexity index is 1180. The van der Waals surface area contributed by atoms with Gasteiger partial charge in [-0.05, 0) is 67.7 Å². The predicted octanol–water partition coefficient (Wildman–Crippen LogP) is 6.24. The van der Waals surface area contributed by atoms with E-state index in [2.05, 4.69) is 87.3 Å². The van der Waals surface area contributed by atoms with Gasteiger partial charge in [0.1, 0.15) is 18.1 Å². The van der Waals surface area contributed by atoms with Crippen molar-refractivity contribution in [2.45, 2.75) is 44.7 Å². The lowest BCUT2D eigenvalue weighted by Gasteiger charge is -2.46. The predicted molar refractivity (Wildman–Crippen MR) is 136 cm³/mol. The summed E-state index contributed by atoms with van der Waals surface area (Å²) in [5.41, 5.74) is 8.09. The van der Waals surface area contributed by atoms with Crippen LogP contribution >= 0.6 is 0 Å². The van der Waals surface area contributed by atoms with Crippen molar-refractivity contribution >= 4 is 5.57 Å². The maximum absolute atomic E-state index is 5.89. The monoisotopic (exact) mass is 439 g/mol. The fourth-order valence-electron chi connectivity index (χ4n) is 6.02. The molecule has 0 saturated heterocycles. The minimum Gasteiger partial charge on any atom is -0.496 e. The molecule has 0 fully saturated rings. The molecule has 1 N–H and O–H groups in total. The zero-order valence-electron chi connectivity index (χ0n) is 20.0. The van der Waals surface area contributed by atoms with Crippen LogP contribution in [-0.2, 0) is 6.42 Å². The van der Waals surface area contributed by atoms with Gasteiger partial charge in [-0.2, -0.15) is 0 Å². The maximum Gasteiger partial charge on any atom is 0.126 e. The van der Waals surface area contributed by atoms with Gasteiger partial charge in [0.25, 0.3) is 0 Å². The molecule has 0 bridgehead atoms. The fourth-order valence-corrected chi connectivity index (χ4v) is 6.02. The molecule has 0 amide bonds. The molecule has 2 aliphatic carbocycles. The molecule has 33 heavy (non-hydrogen) atoms. The van der Waals surface area contributed by atoms with Crippen LogP contribution in [0.25, 0.3) is 5.57 Å². The number of nitrogens with one attached hydrogen (secondary N) is 1. The molecule has 0 saturated carbocycles. The average molecular weight is 440 g/mol. The van der Waals surface area contributed by atoms with E-state index in [4.69, 9.17) is 9.47 Å². The summed E-state index contributed by atoms with van der Waals surface area (Å²) in [5, 5.41) is 3.86. The molecule has 3 unspecified atom stereocenters. The normalized spacial score (nSPS) is 24.8. The molecule has 3 atom stereocenters. The van der Waals surface area contributed by atoms with E-state index in [1.807, 2.05) is 6.07 Å². The first-order chi connectivity index (χ1) is 15.9. The van der Waals surface area contributed by atoms with Crippen LogP contribution in [0, 0.1) is 5.92 Å². The molecule has 0 aromatic heterocycles. The summed E-state index contributed by atoms with van der Waals surface area (Å²) >= 11 is 0. The first-order valence-corrected chi connectivity index (χ1v) is 11.8. The lowest BCUT2D eigenvalue weighted by atomic mass is 9.64. The fraction of sp³-hybridized carbons (Fsp3) is 0.333. The SMILES string of the molecule is C=CCOc1cccc(C2Cc3cccc(OC)c3C3=C2C2C(C)=CC(C)(C)NC2C=C3)c1. The van der Waals surface area contributed by atoms with Crippen LogP contribution < -0.4 is 14.8 Å². The first kappa shape index (κ1) is 21.8. The van der Waals surface area contributed by atoms with Gasteiger partial charge in [-0.3, -0.25) is 0 Å². The molecule has 0 radical (unpaired) electrons. The summed E-state index contributed by atoms with van der Waals surface area (Å²) in [4.78, 5) is 0. The summed E-state index contributed by atoms with van der Waals surface area (Å²) < 4.78 is 11.7. The summed E-state index contributed by atoms with van der Waals surface area (Å²) in [5.74, 6) is 2.44. The molecule has 1 heterocycles. The Labute approximate surface area is 197 Å². The Morgan fingerprint density at radius 1 is 1.18 bits per heavy atom. The Balaban J connectivity index is 1.70. The van der Waals surface area contributed by atoms with Crippen LogP contribution in [0.3, 0.4) is 0 Å². The summed E-state index contributed by atoms with van der Waals surface area (Å²) in [6.45, 7) is 11.1. The van der Waals surface area contributed by atoms with Crippen LogP contribution in [0.5, 0.6) is 11.5 Å². The number of ether oxygens (including phenoxy) is 2. The number of allylic oxidation sites excluding steroid dienone is 2. The zero-order valence-corrected chi connectivity index (χ0v) is 20.0. The van der Waals surface area contributed by atoms with E-state index in [9.17, 15) is 0 Å². The quantitative estimate of drug-likeness (QED) is 0.560. The highest BCUT2D eigenvalue weighted by Crippen LogP contribution is 2.52. The highest BCUT2D eigenvalue weighted by molar-refractivity contribution is 5.87. The maximum atomic E-state index is 5.89. The molecule has 170 valence electrons. The van der Waals surface area contributed by atoms with Crippen LogP contribution in [0.4, 0.5) is 0 Å². The second-order valence-corrected chi connectivity index (χ2v) is 9.91. The molecule has 5 rings (SSSR count). The van der Waals surface area contributed by atoms with E-state index in [0.29, 0.717) is 12.5 Å². The number of hydrogen-bond acceptors (Lipinski definition) is 3. The largest absolute Gasteiger partial charge is 0.496 e. The second kappa shape index (κ2) is 8.39. The number of fused-ring (bicyclic) bond motifs is 4. The highest BCUT2D eigenvalue weighted by Gasteiger charge is 2.42. The highest BCUT2D eigenvalue weighted by atomic mass is 16.5. The van der Waals surface area contributed by atoms with Crippen LogP contribution in [0.15, 0.2) is 84.5 Å². The smallest absolute Gasteiger partial charge is 0.126 e. The second-order valence-electron chi connectivity index (χ2n) is 9.91. The number of rotatable bonds is 5. The van der Waals surface area contributed by atoms with Crippen molar-refractivity contribution in [3.05, 3.63) is 101 Å². The van der Waals surface area contributed by atoms with E-state index in [-0.39, 0.29) is 17.5 Å². The third kappa shape index (κ3) is 3.85. The Morgan fingerprint density at radius 3 is 2.79 bits per heavy atom. The third-order valence-corrected chi connectivity index (χ3v) is 7.12. The minimum absolute atomic E-state index is 0.0220. The van der Waals surface area contributed by atoms with E-state index in [0.717, 1.165) is 17.9 Å².